The van der Waals surface area contributed by atoms with Crippen LogP contribution in [0.15, 0.2) is 12.1 Å². The first-order valence-electron chi connectivity index (χ1n) is 8.38. The Kier molecular flexibility index (Phi) is 8.75. The highest BCUT2D eigenvalue weighted by Crippen LogP contribution is 2.34. The zero-order chi connectivity index (χ0) is 16.4. The van der Waals surface area contributed by atoms with Crippen LogP contribution in [0.4, 0.5) is 5.69 Å². The highest BCUT2D eigenvalue weighted by Gasteiger charge is 2.12. The molecule has 0 heterocycles. The maximum absolute atomic E-state index is 6.08. The molecule has 0 fully saturated rings. The molecule has 1 aromatic rings. The second kappa shape index (κ2) is 10.3. The average Bonchev–Trinajstić information content (AvgIpc) is 2.52. The largest absolute Gasteiger partial charge is 0.493 e. The van der Waals surface area contributed by atoms with E-state index in [0.29, 0.717) is 17.2 Å². The van der Waals surface area contributed by atoms with Crippen molar-refractivity contribution in [3.05, 3.63) is 17.7 Å². The van der Waals surface area contributed by atoms with E-state index < -0.39 is 0 Å². The lowest BCUT2D eigenvalue weighted by molar-refractivity contribution is 0.255. The normalized spacial score (nSPS) is 11.0. The zero-order valence-electron chi connectivity index (χ0n) is 14.7. The molecular weight excluding hydrogens is 276 g/mol. The van der Waals surface area contributed by atoms with E-state index >= 15 is 0 Å². The molecule has 4 heteroatoms. The molecule has 22 heavy (non-hydrogen) atoms. The van der Waals surface area contributed by atoms with E-state index in [4.69, 9.17) is 15.2 Å². The van der Waals surface area contributed by atoms with Crippen LogP contribution in [0.1, 0.15) is 51.5 Å². The summed E-state index contributed by atoms with van der Waals surface area (Å²) in [7, 11) is 3.27. The molecule has 0 saturated carbocycles. The van der Waals surface area contributed by atoms with Crippen LogP contribution in [0.25, 0.3) is 0 Å². The van der Waals surface area contributed by atoms with Gasteiger partial charge in [0.25, 0.3) is 0 Å². The van der Waals surface area contributed by atoms with Crippen molar-refractivity contribution in [2.75, 3.05) is 33.0 Å². The maximum atomic E-state index is 6.08. The Morgan fingerprint density at radius 3 is 2.23 bits per heavy atom. The van der Waals surface area contributed by atoms with Crippen molar-refractivity contribution in [2.45, 2.75) is 52.5 Å². The molecule has 126 valence electrons. The summed E-state index contributed by atoms with van der Waals surface area (Å²) in [5.74, 6) is 1.33. The number of hydrogen-bond donors (Lipinski definition) is 1. The van der Waals surface area contributed by atoms with E-state index in [9.17, 15) is 0 Å². The Labute approximate surface area is 135 Å². The Morgan fingerprint density at radius 1 is 0.955 bits per heavy atom. The van der Waals surface area contributed by atoms with Gasteiger partial charge >= 0.3 is 0 Å². The van der Waals surface area contributed by atoms with E-state index in [1.54, 1.807) is 14.2 Å². The third kappa shape index (κ3) is 5.76. The molecule has 1 aromatic carbocycles. The molecule has 0 spiro atoms. The maximum Gasteiger partial charge on any atom is 0.183 e. The van der Waals surface area contributed by atoms with Crippen LogP contribution in [0, 0.1) is 0 Å². The number of nitrogen functional groups attached to an aromatic ring is 1. The zero-order valence-corrected chi connectivity index (χ0v) is 14.7. The molecule has 0 aliphatic carbocycles. The second-order valence-electron chi connectivity index (χ2n) is 5.76. The van der Waals surface area contributed by atoms with Crippen LogP contribution in [0.3, 0.4) is 0 Å². The predicted octanol–water partition coefficient (Wildman–Crippen LogP) is 4.08. The number of methoxy groups -OCH3 is 2. The van der Waals surface area contributed by atoms with Crippen LogP contribution in [0.5, 0.6) is 11.5 Å². The highest BCUT2D eigenvalue weighted by molar-refractivity contribution is 5.62. The molecule has 2 N–H and O–H groups in total. The van der Waals surface area contributed by atoms with Gasteiger partial charge in [-0.05, 0) is 43.6 Å². The quantitative estimate of drug-likeness (QED) is 0.494. The van der Waals surface area contributed by atoms with Crippen molar-refractivity contribution in [1.29, 1.82) is 0 Å². The number of nitrogens with two attached hydrogens (primary N) is 1. The monoisotopic (exact) mass is 308 g/mol. The minimum Gasteiger partial charge on any atom is -0.493 e. The van der Waals surface area contributed by atoms with E-state index in [-0.39, 0.29) is 0 Å². The predicted molar refractivity (Wildman–Crippen MR) is 93.7 cm³/mol. The summed E-state index contributed by atoms with van der Waals surface area (Å²) in [6, 6.07) is 4.04. The van der Waals surface area contributed by atoms with Gasteiger partial charge in [0, 0.05) is 6.54 Å². The first-order valence-corrected chi connectivity index (χ1v) is 8.38. The fourth-order valence-electron chi connectivity index (χ4n) is 2.64. The van der Waals surface area contributed by atoms with E-state index in [0.717, 1.165) is 19.6 Å². The van der Waals surface area contributed by atoms with Crippen molar-refractivity contribution >= 4 is 5.69 Å². The summed E-state index contributed by atoms with van der Waals surface area (Å²) in [6.07, 6.45) is 6.25. The molecule has 0 bridgehead atoms. The number of anilines is 1. The molecule has 0 radical (unpaired) electrons. The number of hydrogen-bond acceptors (Lipinski definition) is 4. The lowest BCUT2D eigenvalue weighted by Gasteiger charge is -2.23. The van der Waals surface area contributed by atoms with Gasteiger partial charge in [-0.2, -0.15) is 0 Å². The summed E-state index contributed by atoms with van der Waals surface area (Å²) >= 11 is 0. The van der Waals surface area contributed by atoms with Crippen molar-refractivity contribution in [3.8, 4) is 11.5 Å². The first-order chi connectivity index (χ1) is 10.7. The number of benzene rings is 1. The molecule has 4 nitrogen and oxygen atoms in total. The van der Waals surface area contributed by atoms with Crippen LogP contribution in [-0.4, -0.2) is 32.2 Å². The SMILES string of the molecule is CCCCCN(CCCC)Cc1cc(N)c(OC)c(OC)c1. The van der Waals surface area contributed by atoms with Gasteiger partial charge < -0.3 is 15.2 Å². The number of rotatable bonds is 11. The van der Waals surface area contributed by atoms with Gasteiger partial charge in [0.1, 0.15) is 0 Å². The van der Waals surface area contributed by atoms with Crippen molar-refractivity contribution in [3.63, 3.8) is 0 Å². The summed E-state index contributed by atoms with van der Waals surface area (Å²) in [5, 5.41) is 0. The van der Waals surface area contributed by atoms with Crippen LogP contribution < -0.4 is 15.2 Å². The lowest BCUT2D eigenvalue weighted by atomic mass is 10.1. The summed E-state index contributed by atoms with van der Waals surface area (Å²) in [4.78, 5) is 2.51. The molecule has 0 saturated heterocycles. The number of ether oxygens (including phenoxy) is 2. The Hall–Kier alpha value is -1.42. The van der Waals surface area contributed by atoms with E-state index in [2.05, 4.69) is 18.7 Å². The smallest absolute Gasteiger partial charge is 0.183 e. The summed E-state index contributed by atoms with van der Waals surface area (Å²) in [5.41, 5.74) is 7.91. The first kappa shape index (κ1) is 18.6. The van der Waals surface area contributed by atoms with Gasteiger partial charge in [-0.3, -0.25) is 4.90 Å². The second-order valence-corrected chi connectivity index (χ2v) is 5.76. The summed E-state index contributed by atoms with van der Waals surface area (Å²) in [6.45, 7) is 7.66. The molecule has 0 amide bonds. The van der Waals surface area contributed by atoms with Gasteiger partial charge in [-0.15, -0.1) is 0 Å². The standard InChI is InChI=1S/C18H32N2O2/c1-5-7-9-11-20(10-8-6-2)14-15-12-16(19)18(22-4)17(13-15)21-3/h12-13H,5-11,14,19H2,1-4H3. The van der Waals surface area contributed by atoms with Crippen LogP contribution in [-0.2, 0) is 6.54 Å². The van der Waals surface area contributed by atoms with Gasteiger partial charge in [0.2, 0.25) is 0 Å². The molecule has 0 atom stereocenters. The Bertz CT molecular complexity index is 435. The van der Waals surface area contributed by atoms with Gasteiger partial charge in [0.05, 0.1) is 19.9 Å². The minimum absolute atomic E-state index is 0.623. The number of unbranched alkanes of at least 4 members (excludes halogenated alkanes) is 3. The average molecular weight is 308 g/mol. The fourth-order valence-corrected chi connectivity index (χ4v) is 2.64. The lowest BCUT2D eigenvalue weighted by Crippen LogP contribution is -2.25. The Morgan fingerprint density at radius 2 is 1.64 bits per heavy atom. The Balaban J connectivity index is 2.80. The van der Waals surface area contributed by atoms with Crippen LogP contribution in [0.2, 0.25) is 0 Å². The number of nitrogens with zero attached hydrogens (tertiary/aromatic N) is 1. The van der Waals surface area contributed by atoms with Crippen molar-refractivity contribution in [1.82, 2.24) is 4.90 Å². The highest BCUT2D eigenvalue weighted by atomic mass is 16.5. The minimum atomic E-state index is 0.623. The van der Waals surface area contributed by atoms with Crippen molar-refractivity contribution < 1.29 is 9.47 Å². The third-order valence-corrected chi connectivity index (χ3v) is 3.88. The van der Waals surface area contributed by atoms with E-state index in [1.807, 2.05) is 12.1 Å². The molecule has 0 aliphatic heterocycles. The summed E-state index contributed by atoms with van der Waals surface area (Å²) < 4.78 is 10.7. The third-order valence-electron chi connectivity index (χ3n) is 3.88. The topological polar surface area (TPSA) is 47.7 Å². The van der Waals surface area contributed by atoms with Gasteiger partial charge in [-0.1, -0.05) is 33.1 Å². The molecular formula is C18H32N2O2. The van der Waals surface area contributed by atoms with Crippen molar-refractivity contribution in [2.24, 2.45) is 0 Å². The molecule has 1 rings (SSSR count). The molecule has 0 aliphatic rings. The van der Waals surface area contributed by atoms with Crippen LogP contribution >= 0.6 is 0 Å². The molecule has 0 aromatic heterocycles. The van der Waals surface area contributed by atoms with E-state index in [1.165, 1.54) is 37.7 Å². The van der Waals surface area contributed by atoms with Gasteiger partial charge in [0.15, 0.2) is 11.5 Å². The fraction of sp³-hybridized carbons (Fsp3) is 0.667. The van der Waals surface area contributed by atoms with Gasteiger partial charge in [-0.25, -0.2) is 0 Å². The molecule has 0 unspecified atom stereocenters.